The van der Waals surface area contributed by atoms with Gasteiger partial charge in [0.05, 0.1) is 13.2 Å². The van der Waals surface area contributed by atoms with Gasteiger partial charge in [0.15, 0.2) is 0 Å². The molecule has 0 bridgehead atoms. The number of nitrogens with two attached hydrogens (primary N) is 1. The van der Waals surface area contributed by atoms with Crippen LogP contribution in [-0.2, 0) is 16.0 Å². The molecule has 1 aliphatic carbocycles. The number of carbonyl (C=O) groups is 3. The average Bonchev–Trinajstić information content (AvgIpc) is 3.36. The molecule has 0 aromatic heterocycles. The van der Waals surface area contributed by atoms with Gasteiger partial charge in [-0.15, -0.1) is 0 Å². The van der Waals surface area contributed by atoms with Crippen molar-refractivity contribution in [2.24, 2.45) is 5.73 Å². The zero-order valence-corrected chi connectivity index (χ0v) is 21.8. The molecule has 2 aliphatic rings. The van der Waals surface area contributed by atoms with Crippen LogP contribution in [0.1, 0.15) is 54.9 Å². The highest BCUT2D eigenvalue weighted by Crippen LogP contribution is 2.26. The molecule has 3 amide bonds. The van der Waals surface area contributed by atoms with Crippen LogP contribution >= 0.6 is 0 Å². The molecule has 3 N–H and O–H groups in total. The molecule has 4 rings (SSSR count). The van der Waals surface area contributed by atoms with Crippen molar-refractivity contribution in [3.8, 4) is 5.75 Å². The van der Waals surface area contributed by atoms with Gasteiger partial charge in [0.1, 0.15) is 11.8 Å². The first-order valence-corrected chi connectivity index (χ1v) is 13.2. The second-order valence-corrected chi connectivity index (χ2v) is 10.2. The van der Waals surface area contributed by atoms with Crippen molar-refractivity contribution in [3.05, 3.63) is 65.7 Å². The Labute approximate surface area is 219 Å². The van der Waals surface area contributed by atoms with E-state index in [4.69, 9.17) is 10.5 Å². The first kappa shape index (κ1) is 26.7. The van der Waals surface area contributed by atoms with E-state index >= 15 is 0 Å². The molecule has 0 spiro atoms. The number of carbonyl (C=O) groups excluding carboxylic acids is 3. The lowest BCUT2D eigenvalue weighted by molar-refractivity contribution is -0.137. The van der Waals surface area contributed by atoms with Crippen LogP contribution < -0.4 is 15.8 Å². The summed E-state index contributed by atoms with van der Waals surface area (Å²) in [5.41, 5.74) is 7.69. The molecule has 2 unspecified atom stereocenters. The Morgan fingerprint density at radius 2 is 1.70 bits per heavy atom. The molecule has 1 saturated carbocycles. The number of hydrogen-bond acceptors (Lipinski definition) is 5. The summed E-state index contributed by atoms with van der Waals surface area (Å²) < 4.78 is 5.24. The molecular weight excluding hydrogens is 468 g/mol. The van der Waals surface area contributed by atoms with Gasteiger partial charge in [-0.3, -0.25) is 14.4 Å². The van der Waals surface area contributed by atoms with E-state index in [2.05, 4.69) is 5.32 Å². The fourth-order valence-corrected chi connectivity index (χ4v) is 5.44. The SMILES string of the molecule is COc1ccc(C(=O)N(CCc2ccccc2)C2CC(C(=O)NC3CCC(N)CC3)N(C(C)=O)C2)cc1. The molecule has 198 valence electrons. The smallest absolute Gasteiger partial charge is 0.254 e. The van der Waals surface area contributed by atoms with Crippen molar-refractivity contribution in [1.82, 2.24) is 15.1 Å². The minimum atomic E-state index is -0.596. The predicted molar refractivity (Wildman–Crippen MR) is 142 cm³/mol. The molecule has 2 fully saturated rings. The van der Waals surface area contributed by atoms with Crippen molar-refractivity contribution in [3.63, 3.8) is 0 Å². The van der Waals surface area contributed by atoms with Crippen molar-refractivity contribution in [1.29, 1.82) is 0 Å². The van der Waals surface area contributed by atoms with E-state index in [0.29, 0.717) is 37.2 Å². The van der Waals surface area contributed by atoms with Crippen LogP contribution in [0.2, 0.25) is 0 Å². The Morgan fingerprint density at radius 3 is 2.32 bits per heavy atom. The Kier molecular flexibility index (Phi) is 8.82. The number of nitrogens with zero attached hydrogens (tertiary/aromatic N) is 2. The number of ether oxygens (including phenoxy) is 1. The molecule has 1 aliphatic heterocycles. The summed E-state index contributed by atoms with van der Waals surface area (Å²) in [6.45, 7) is 2.31. The van der Waals surface area contributed by atoms with Crippen LogP contribution in [-0.4, -0.2) is 71.9 Å². The number of hydrogen-bond donors (Lipinski definition) is 2. The van der Waals surface area contributed by atoms with Crippen LogP contribution in [0.15, 0.2) is 54.6 Å². The van der Waals surface area contributed by atoms with Crippen LogP contribution in [0, 0.1) is 0 Å². The topological polar surface area (TPSA) is 105 Å². The Hall–Kier alpha value is -3.39. The van der Waals surface area contributed by atoms with E-state index in [1.807, 2.05) is 35.2 Å². The van der Waals surface area contributed by atoms with Crippen LogP contribution in [0.3, 0.4) is 0 Å². The summed E-state index contributed by atoms with van der Waals surface area (Å²) in [6.07, 6.45) is 4.56. The molecule has 0 radical (unpaired) electrons. The first-order valence-electron chi connectivity index (χ1n) is 13.2. The summed E-state index contributed by atoms with van der Waals surface area (Å²) in [6, 6.07) is 16.5. The maximum atomic E-state index is 13.7. The van der Waals surface area contributed by atoms with Gasteiger partial charge in [-0.25, -0.2) is 0 Å². The summed E-state index contributed by atoms with van der Waals surface area (Å²) >= 11 is 0. The molecule has 8 nitrogen and oxygen atoms in total. The molecule has 2 atom stereocenters. The van der Waals surface area contributed by atoms with Crippen LogP contribution in [0.25, 0.3) is 0 Å². The number of likely N-dealkylation sites (tertiary alicyclic amines) is 1. The third-order valence-electron chi connectivity index (χ3n) is 7.63. The minimum absolute atomic E-state index is 0.0790. The van der Waals surface area contributed by atoms with Gasteiger partial charge in [-0.05, 0) is 68.4 Å². The van der Waals surface area contributed by atoms with E-state index in [0.717, 1.165) is 31.2 Å². The monoisotopic (exact) mass is 506 g/mol. The van der Waals surface area contributed by atoms with Gasteiger partial charge in [0.25, 0.3) is 5.91 Å². The third-order valence-corrected chi connectivity index (χ3v) is 7.63. The van der Waals surface area contributed by atoms with E-state index in [1.165, 1.54) is 6.92 Å². The van der Waals surface area contributed by atoms with Gasteiger partial charge in [0.2, 0.25) is 11.8 Å². The van der Waals surface area contributed by atoms with Crippen LogP contribution in [0.4, 0.5) is 0 Å². The standard InChI is InChI=1S/C29H38N4O4/c1-20(34)33-19-25(18-27(33)28(35)31-24-12-10-23(30)11-13-24)32(17-16-21-6-4-3-5-7-21)29(36)22-8-14-26(37-2)15-9-22/h3-9,14-15,23-25,27H,10-13,16-19,30H2,1-2H3,(H,31,35). The maximum absolute atomic E-state index is 13.7. The lowest BCUT2D eigenvalue weighted by Gasteiger charge is -2.29. The fourth-order valence-electron chi connectivity index (χ4n) is 5.44. The van der Waals surface area contributed by atoms with Crippen molar-refractivity contribution in [2.75, 3.05) is 20.2 Å². The van der Waals surface area contributed by atoms with Crippen LogP contribution in [0.5, 0.6) is 5.75 Å². The quantitative estimate of drug-likeness (QED) is 0.573. The normalized spacial score (nSPS) is 23.4. The van der Waals surface area contributed by atoms with Gasteiger partial charge < -0.3 is 25.6 Å². The van der Waals surface area contributed by atoms with Crippen molar-refractivity contribution >= 4 is 17.7 Å². The molecule has 1 heterocycles. The van der Waals surface area contributed by atoms with Gasteiger partial charge in [0, 0.05) is 37.7 Å². The summed E-state index contributed by atoms with van der Waals surface area (Å²) in [5, 5.41) is 3.15. The van der Waals surface area contributed by atoms with Crippen molar-refractivity contribution < 1.29 is 19.1 Å². The fraction of sp³-hybridized carbons (Fsp3) is 0.483. The Balaban J connectivity index is 1.52. The minimum Gasteiger partial charge on any atom is -0.497 e. The first-order chi connectivity index (χ1) is 17.9. The number of nitrogens with one attached hydrogen (secondary N) is 1. The average molecular weight is 507 g/mol. The number of amides is 3. The number of methoxy groups -OCH3 is 1. The highest BCUT2D eigenvalue weighted by Gasteiger charge is 2.42. The second kappa shape index (κ2) is 12.2. The number of benzene rings is 2. The Morgan fingerprint density at radius 1 is 1.03 bits per heavy atom. The summed E-state index contributed by atoms with van der Waals surface area (Å²) in [7, 11) is 1.59. The van der Waals surface area contributed by atoms with E-state index < -0.39 is 6.04 Å². The molecule has 2 aromatic rings. The molecule has 2 aromatic carbocycles. The summed E-state index contributed by atoms with van der Waals surface area (Å²) in [5.74, 6) is 0.261. The van der Waals surface area contributed by atoms with E-state index in [9.17, 15) is 14.4 Å². The van der Waals surface area contributed by atoms with Gasteiger partial charge in [-0.2, -0.15) is 0 Å². The maximum Gasteiger partial charge on any atom is 0.254 e. The van der Waals surface area contributed by atoms with Gasteiger partial charge >= 0.3 is 0 Å². The largest absolute Gasteiger partial charge is 0.497 e. The van der Waals surface area contributed by atoms with E-state index in [-0.39, 0.29) is 35.8 Å². The molecule has 37 heavy (non-hydrogen) atoms. The zero-order chi connectivity index (χ0) is 26.4. The molecular formula is C29H38N4O4. The van der Waals surface area contributed by atoms with Gasteiger partial charge in [-0.1, -0.05) is 30.3 Å². The molecule has 8 heteroatoms. The number of rotatable bonds is 8. The lowest BCUT2D eigenvalue weighted by atomic mass is 9.91. The zero-order valence-electron chi connectivity index (χ0n) is 21.8. The van der Waals surface area contributed by atoms with E-state index in [1.54, 1.807) is 36.3 Å². The summed E-state index contributed by atoms with van der Waals surface area (Å²) in [4.78, 5) is 43.1. The Bertz CT molecular complexity index is 1070. The highest BCUT2D eigenvalue weighted by atomic mass is 16.5. The predicted octanol–water partition coefficient (Wildman–Crippen LogP) is 2.76. The highest BCUT2D eigenvalue weighted by molar-refractivity contribution is 5.95. The molecule has 1 saturated heterocycles. The second-order valence-electron chi connectivity index (χ2n) is 10.2. The third kappa shape index (κ3) is 6.68. The lowest BCUT2D eigenvalue weighted by Crippen LogP contribution is -2.49. The van der Waals surface area contributed by atoms with Crippen molar-refractivity contribution in [2.45, 2.75) is 69.6 Å².